The maximum atomic E-state index is 12.0. The highest BCUT2D eigenvalue weighted by Crippen LogP contribution is 2.29. The fourth-order valence-electron chi connectivity index (χ4n) is 2.53. The second-order valence-corrected chi connectivity index (χ2v) is 7.01. The topological polar surface area (TPSA) is 77.1 Å². The van der Waals surface area contributed by atoms with Crippen LogP contribution in [0.25, 0.3) is 6.08 Å². The third kappa shape index (κ3) is 7.16. The third-order valence-electron chi connectivity index (χ3n) is 3.98. The van der Waals surface area contributed by atoms with Gasteiger partial charge in [-0.25, -0.2) is 4.79 Å². The van der Waals surface area contributed by atoms with Crippen molar-refractivity contribution in [1.82, 2.24) is 0 Å². The van der Waals surface area contributed by atoms with Gasteiger partial charge in [0.1, 0.15) is 0 Å². The summed E-state index contributed by atoms with van der Waals surface area (Å²) in [6, 6.07) is 12.7. The van der Waals surface area contributed by atoms with Crippen molar-refractivity contribution in [3.63, 3.8) is 0 Å². The molecule has 0 bridgehead atoms. The van der Waals surface area contributed by atoms with E-state index in [1.54, 1.807) is 43.5 Å². The SMILES string of the molecule is COc1cc(/C=C/C(=O)OCC(=O)Nc2ccc(N(C)C)cc2)ccc1OC(C)C. The van der Waals surface area contributed by atoms with Crippen LogP contribution in [0.15, 0.2) is 48.5 Å². The molecular weight excluding hydrogens is 384 g/mol. The Morgan fingerprint density at radius 1 is 1.07 bits per heavy atom. The predicted octanol–water partition coefficient (Wildman–Crippen LogP) is 3.74. The molecule has 7 heteroatoms. The van der Waals surface area contributed by atoms with Crippen molar-refractivity contribution >= 4 is 29.3 Å². The molecule has 7 nitrogen and oxygen atoms in total. The van der Waals surface area contributed by atoms with E-state index in [4.69, 9.17) is 14.2 Å². The van der Waals surface area contributed by atoms with Crippen LogP contribution in [-0.2, 0) is 14.3 Å². The van der Waals surface area contributed by atoms with Gasteiger partial charge in [0, 0.05) is 31.5 Å². The molecule has 0 aromatic heterocycles. The van der Waals surface area contributed by atoms with Gasteiger partial charge in [0.15, 0.2) is 18.1 Å². The monoisotopic (exact) mass is 412 g/mol. The predicted molar refractivity (Wildman–Crippen MR) is 118 cm³/mol. The highest BCUT2D eigenvalue weighted by atomic mass is 16.5. The van der Waals surface area contributed by atoms with Crippen LogP contribution in [0.3, 0.4) is 0 Å². The van der Waals surface area contributed by atoms with Crippen molar-refractivity contribution in [2.45, 2.75) is 20.0 Å². The normalized spacial score (nSPS) is 10.7. The van der Waals surface area contributed by atoms with E-state index in [-0.39, 0.29) is 12.7 Å². The van der Waals surface area contributed by atoms with E-state index in [1.165, 1.54) is 6.08 Å². The molecule has 0 aliphatic carbocycles. The lowest BCUT2D eigenvalue weighted by molar-refractivity contribution is -0.142. The Bertz CT molecular complexity index is 889. The molecule has 160 valence electrons. The van der Waals surface area contributed by atoms with Crippen molar-refractivity contribution in [2.75, 3.05) is 38.0 Å². The zero-order chi connectivity index (χ0) is 22.1. The van der Waals surface area contributed by atoms with E-state index in [1.807, 2.05) is 45.0 Å². The number of amides is 1. The average molecular weight is 412 g/mol. The summed E-state index contributed by atoms with van der Waals surface area (Å²) in [4.78, 5) is 25.8. The summed E-state index contributed by atoms with van der Waals surface area (Å²) in [5, 5.41) is 2.68. The van der Waals surface area contributed by atoms with Crippen LogP contribution in [0, 0.1) is 0 Å². The number of methoxy groups -OCH3 is 1. The van der Waals surface area contributed by atoms with E-state index >= 15 is 0 Å². The number of carbonyl (C=O) groups excluding carboxylic acids is 2. The van der Waals surface area contributed by atoms with Gasteiger partial charge in [0.2, 0.25) is 0 Å². The van der Waals surface area contributed by atoms with Crippen LogP contribution >= 0.6 is 0 Å². The van der Waals surface area contributed by atoms with Crippen molar-refractivity contribution in [3.05, 3.63) is 54.1 Å². The summed E-state index contributed by atoms with van der Waals surface area (Å²) in [6.07, 6.45) is 2.87. The average Bonchev–Trinajstić information content (AvgIpc) is 2.71. The highest BCUT2D eigenvalue weighted by Gasteiger charge is 2.08. The van der Waals surface area contributed by atoms with E-state index in [2.05, 4.69) is 5.32 Å². The fraction of sp³-hybridized carbons (Fsp3) is 0.304. The van der Waals surface area contributed by atoms with Gasteiger partial charge in [-0.1, -0.05) is 6.07 Å². The first-order valence-electron chi connectivity index (χ1n) is 9.55. The summed E-state index contributed by atoms with van der Waals surface area (Å²) in [7, 11) is 5.42. The molecule has 2 rings (SSSR count). The minimum atomic E-state index is -0.616. The number of nitrogens with one attached hydrogen (secondary N) is 1. The fourth-order valence-corrected chi connectivity index (χ4v) is 2.53. The Kier molecular flexibility index (Phi) is 8.29. The minimum Gasteiger partial charge on any atom is -0.493 e. The Balaban J connectivity index is 1.86. The molecule has 0 saturated heterocycles. The summed E-state index contributed by atoms with van der Waals surface area (Å²) in [6.45, 7) is 3.49. The van der Waals surface area contributed by atoms with Gasteiger partial charge in [-0.2, -0.15) is 0 Å². The Morgan fingerprint density at radius 2 is 1.77 bits per heavy atom. The molecule has 0 fully saturated rings. The molecule has 0 aliphatic rings. The van der Waals surface area contributed by atoms with Crippen LogP contribution in [0.2, 0.25) is 0 Å². The lowest BCUT2D eigenvalue weighted by atomic mass is 10.2. The molecule has 0 atom stereocenters. The Hall–Kier alpha value is -3.48. The van der Waals surface area contributed by atoms with Gasteiger partial charge >= 0.3 is 5.97 Å². The van der Waals surface area contributed by atoms with Gasteiger partial charge in [0.25, 0.3) is 5.91 Å². The maximum Gasteiger partial charge on any atom is 0.331 e. The van der Waals surface area contributed by atoms with Crippen LogP contribution < -0.4 is 19.7 Å². The van der Waals surface area contributed by atoms with E-state index in [0.29, 0.717) is 17.2 Å². The number of anilines is 2. The molecule has 0 spiro atoms. The lowest BCUT2D eigenvalue weighted by Gasteiger charge is -2.13. The smallest absolute Gasteiger partial charge is 0.331 e. The van der Waals surface area contributed by atoms with Gasteiger partial charge in [-0.15, -0.1) is 0 Å². The second kappa shape index (κ2) is 10.9. The summed E-state index contributed by atoms with van der Waals surface area (Å²) >= 11 is 0. The van der Waals surface area contributed by atoms with Crippen molar-refractivity contribution < 1.29 is 23.8 Å². The van der Waals surface area contributed by atoms with Gasteiger partial charge in [0.05, 0.1) is 13.2 Å². The molecule has 0 unspecified atom stereocenters. The summed E-state index contributed by atoms with van der Waals surface area (Å²) < 4.78 is 16.0. The van der Waals surface area contributed by atoms with Gasteiger partial charge < -0.3 is 24.4 Å². The molecule has 1 N–H and O–H groups in total. The number of carbonyl (C=O) groups is 2. The van der Waals surface area contributed by atoms with Crippen LogP contribution in [0.5, 0.6) is 11.5 Å². The minimum absolute atomic E-state index is 0.0207. The maximum absolute atomic E-state index is 12.0. The molecule has 0 radical (unpaired) electrons. The molecular formula is C23H28N2O5. The van der Waals surface area contributed by atoms with E-state index < -0.39 is 11.9 Å². The van der Waals surface area contributed by atoms with Crippen LogP contribution in [0.4, 0.5) is 11.4 Å². The number of benzene rings is 2. The van der Waals surface area contributed by atoms with Crippen molar-refractivity contribution in [3.8, 4) is 11.5 Å². The number of esters is 1. The number of nitrogens with zero attached hydrogens (tertiary/aromatic N) is 1. The zero-order valence-corrected chi connectivity index (χ0v) is 18.0. The highest BCUT2D eigenvalue weighted by molar-refractivity contribution is 5.94. The molecule has 2 aromatic rings. The molecule has 30 heavy (non-hydrogen) atoms. The number of hydrogen-bond donors (Lipinski definition) is 1. The molecule has 1 amide bonds. The number of ether oxygens (including phenoxy) is 3. The van der Waals surface area contributed by atoms with Crippen molar-refractivity contribution in [1.29, 1.82) is 0 Å². The molecule has 0 saturated carbocycles. The van der Waals surface area contributed by atoms with Crippen LogP contribution in [-0.4, -0.2) is 45.8 Å². The standard InChI is InChI=1S/C23H28N2O5/c1-16(2)30-20-12-6-17(14-21(20)28-5)7-13-23(27)29-15-22(26)24-18-8-10-19(11-9-18)25(3)4/h6-14,16H,15H2,1-5H3,(H,24,26)/b13-7+. The molecule has 2 aromatic carbocycles. The largest absolute Gasteiger partial charge is 0.493 e. The van der Waals surface area contributed by atoms with E-state index in [0.717, 1.165) is 11.3 Å². The number of rotatable bonds is 9. The van der Waals surface area contributed by atoms with Crippen LogP contribution in [0.1, 0.15) is 19.4 Å². The molecule has 0 aliphatic heterocycles. The quantitative estimate of drug-likeness (QED) is 0.499. The lowest BCUT2D eigenvalue weighted by Crippen LogP contribution is -2.20. The second-order valence-electron chi connectivity index (χ2n) is 7.01. The van der Waals surface area contributed by atoms with Crippen molar-refractivity contribution in [2.24, 2.45) is 0 Å². The zero-order valence-electron chi connectivity index (χ0n) is 18.0. The molecule has 0 heterocycles. The first-order chi connectivity index (χ1) is 14.3. The van der Waals surface area contributed by atoms with Gasteiger partial charge in [-0.3, -0.25) is 4.79 Å². The first kappa shape index (κ1) is 22.8. The van der Waals surface area contributed by atoms with E-state index in [9.17, 15) is 9.59 Å². The summed E-state index contributed by atoms with van der Waals surface area (Å²) in [5.74, 6) is 0.169. The van der Waals surface area contributed by atoms with Gasteiger partial charge in [-0.05, 0) is 61.9 Å². The summed E-state index contributed by atoms with van der Waals surface area (Å²) in [5.41, 5.74) is 2.39. The number of hydrogen-bond acceptors (Lipinski definition) is 6. The Labute approximate surface area is 177 Å². The Morgan fingerprint density at radius 3 is 2.37 bits per heavy atom. The third-order valence-corrected chi connectivity index (χ3v) is 3.98. The first-order valence-corrected chi connectivity index (χ1v) is 9.55.